The number of likely N-dealkylation sites (N-methyl/N-ethyl adjacent to an activating group) is 1. The third-order valence-corrected chi connectivity index (χ3v) is 6.33. The Morgan fingerprint density at radius 3 is 2.07 bits per heavy atom. The van der Waals surface area contributed by atoms with Crippen LogP contribution in [0, 0.1) is 0 Å². The summed E-state index contributed by atoms with van der Waals surface area (Å²) in [6.45, 7) is 1.38. The molecule has 2 aromatic rings. The Hall–Kier alpha value is -3.15. The zero-order valence-electron chi connectivity index (χ0n) is 17.3. The minimum Gasteiger partial charge on any atom is -0.342 e. The predicted molar refractivity (Wildman–Crippen MR) is 113 cm³/mol. The summed E-state index contributed by atoms with van der Waals surface area (Å²) in [5.41, 5.74) is 1.29. The maximum atomic E-state index is 13.0. The number of likely N-dealkylation sites (tertiary alicyclic amines) is 1. The Kier molecular flexibility index (Phi) is 5.57. The second-order valence-corrected chi connectivity index (χ2v) is 8.12. The number of rotatable bonds is 5. The molecule has 6 nitrogen and oxygen atoms in total. The molecule has 0 atom stereocenters. The van der Waals surface area contributed by atoms with Crippen LogP contribution in [0.4, 0.5) is 4.79 Å². The Labute approximate surface area is 177 Å². The van der Waals surface area contributed by atoms with Gasteiger partial charge in [-0.25, -0.2) is 4.79 Å². The molecule has 0 aliphatic carbocycles. The SMILES string of the molecule is CN1C(=O)N(Cc2ccccc2)C2(CCN(C(=O)CCc3ccccc3)CC2)C1=O. The van der Waals surface area contributed by atoms with Gasteiger partial charge < -0.3 is 9.80 Å². The number of amides is 4. The highest BCUT2D eigenvalue weighted by Crippen LogP contribution is 2.38. The number of carbonyl (C=O) groups excluding carboxylic acids is 3. The van der Waals surface area contributed by atoms with Crippen molar-refractivity contribution >= 4 is 17.8 Å². The molecule has 156 valence electrons. The molecule has 4 rings (SSSR count). The summed E-state index contributed by atoms with van der Waals surface area (Å²) >= 11 is 0. The van der Waals surface area contributed by atoms with Gasteiger partial charge in [-0.2, -0.15) is 0 Å². The van der Waals surface area contributed by atoms with Crippen molar-refractivity contribution in [1.82, 2.24) is 14.7 Å². The summed E-state index contributed by atoms with van der Waals surface area (Å²) in [7, 11) is 1.55. The van der Waals surface area contributed by atoms with Crippen molar-refractivity contribution in [3.63, 3.8) is 0 Å². The Morgan fingerprint density at radius 2 is 1.47 bits per heavy atom. The monoisotopic (exact) mass is 405 g/mol. The molecule has 1 spiro atoms. The van der Waals surface area contributed by atoms with E-state index in [1.54, 1.807) is 11.9 Å². The van der Waals surface area contributed by atoms with Crippen LogP contribution in [-0.4, -0.2) is 58.2 Å². The molecule has 0 N–H and O–H groups in total. The van der Waals surface area contributed by atoms with Gasteiger partial charge in [-0.1, -0.05) is 60.7 Å². The molecule has 2 heterocycles. The average Bonchev–Trinajstić information content (AvgIpc) is 2.96. The summed E-state index contributed by atoms with van der Waals surface area (Å²) in [5.74, 6) is -0.0479. The van der Waals surface area contributed by atoms with E-state index in [0.717, 1.165) is 11.1 Å². The number of aryl methyl sites for hydroxylation is 1. The minimum atomic E-state index is -0.849. The molecule has 2 saturated heterocycles. The normalized spacial score (nSPS) is 18.4. The molecule has 2 aliphatic rings. The van der Waals surface area contributed by atoms with Crippen LogP contribution >= 0.6 is 0 Å². The number of imide groups is 1. The van der Waals surface area contributed by atoms with E-state index in [4.69, 9.17) is 0 Å². The van der Waals surface area contributed by atoms with Crippen LogP contribution in [0.1, 0.15) is 30.4 Å². The van der Waals surface area contributed by atoms with Crippen molar-refractivity contribution in [2.24, 2.45) is 0 Å². The number of nitrogens with zero attached hydrogens (tertiary/aromatic N) is 3. The van der Waals surface area contributed by atoms with Gasteiger partial charge in [0.05, 0.1) is 0 Å². The lowest BCUT2D eigenvalue weighted by molar-refractivity contribution is -0.140. The van der Waals surface area contributed by atoms with Gasteiger partial charge in [-0.3, -0.25) is 14.5 Å². The quantitative estimate of drug-likeness (QED) is 0.719. The summed E-state index contributed by atoms with van der Waals surface area (Å²) in [6.07, 6.45) is 2.12. The Bertz CT molecular complexity index is 921. The lowest BCUT2D eigenvalue weighted by Crippen LogP contribution is -2.57. The number of hydrogen-bond acceptors (Lipinski definition) is 3. The van der Waals surface area contributed by atoms with Gasteiger partial charge in [-0.15, -0.1) is 0 Å². The number of carbonyl (C=O) groups is 3. The van der Waals surface area contributed by atoms with Gasteiger partial charge in [0.25, 0.3) is 5.91 Å². The zero-order valence-corrected chi connectivity index (χ0v) is 17.3. The number of urea groups is 1. The fourth-order valence-corrected chi connectivity index (χ4v) is 4.53. The largest absolute Gasteiger partial charge is 0.342 e. The highest BCUT2D eigenvalue weighted by Gasteiger charge is 2.56. The maximum absolute atomic E-state index is 13.0. The van der Waals surface area contributed by atoms with E-state index in [-0.39, 0.29) is 17.8 Å². The summed E-state index contributed by atoms with van der Waals surface area (Å²) in [5, 5.41) is 0. The minimum absolute atomic E-state index is 0.105. The molecular weight excluding hydrogens is 378 g/mol. The topological polar surface area (TPSA) is 60.9 Å². The van der Waals surface area contributed by atoms with Crippen LogP contribution < -0.4 is 0 Å². The van der Waals surface area contributed by atoms with Crippen molar-refractivity contribution in [3.05, 3.63) is 71.8 Å². The molecule has 6 heteroatoms. The van der Waals surface area contributed by atoms with Crippen molar-refractivity contribution < 1.29 is 14.4 Å². The molecule has 0 saturated carbocycles. The first-order valence-electron chi connectivity index (χ1n) is 10.5. The van der Waals surface area contributed by atoms with Crippen LogP contribution in [0.15, 0.2) is 60.7 Å². The molecule has 30 heavy (non-hydrogen) atoms. The molecule has 0 aromatic heterocycles. The van der Waals surface area contributed by atoms with Gasteiger partial charge in [0.15, 0.2) is 0 Å². The molecule has 2 aromatic carbocycles. The van der Waals surface area contributed by atoms with E-state index in [2.05, 4.69) is 0 Å². The van der Waals surface area contributed by atoms with E-state index >= 15 is 0 Å². The first kappa shape index (κ1) is 20.1. The van der Waals surface area contributed by atoms with E-state index in [0.29, 0.717) is 45.3 Å². The fourth-order valence-electron chi connectivity index (χ4n) is 4.53. The third kappa shape index (κ3) is 3.70. The van der Waals surface area contributed by atoms with Crippen LogP contribution in [-0.2, 0) is 22.6 Å². The van der Waals surface area contributed by atoms with E-state index in [1.807, 2.05) is 65.6 Å². The van der Waals surface area contributed by atoms with Crippen molar-refractivity contribution in [1.29, 1.82) is 0 Å². The Balaban J connectivity index is 1.43. The molecule has 0 unspecified atom stereocenters. The fraction of sp³-hybridized carbons (Fsp3) is 0.375. The Morgan fingerprint density at radius 1 is 0.900 bits per heavy atom. The smallest absolute Gasteiger partial charge is 0.327 e. The van der Waals surface area contributed by atoms with Gasteiger partial charge in [-0.05, 0) is 30.4 Å². The number of piperidine rings is 1. The van der Waals surface area contributed by atoms with Crippen molar-refractivity contribution in [2.75, 3.05) is 20.1 Å². The third-order valence-electron chi connectivity index (χ3n) is 6.33. The lowest BCUT2D eigenvalue weighted by atomic mass is 9.85. The van der Waals surface area contributed by atoms with Crippen molar-refractivity contribution in [3.8, 4) is 0 Å². The van der Waals surface area contributed by atoms with Gasteiger partial charge >= 0.3 is 6.03 Å². The van der Waals surface area contributed by atoms with E-state index in [1.165, 1.54) is 4.90 Å². The second-order valence-electron chi connectivity index (χ2n) is 8.12. The molecule has 0 radical (unpaired) electrons. The van der Waals surface area contributed by atoms with E-state index < -0.39 is 5.54 Å². The molecule has 0 bridgehead atoms. The molecule has 4 amide bonds. The predicted octanol–water partition coefficient (Wildman–Crippen LogP) is 3.07. The molecule has 2 aliphatic heterocycles. The average molecular weight is 405 g/mol. The molecular formula is C24H27N3O3. The second kappa shape index (κ2) is 8.30. The lowest BCUT2D eigenvalue weighted by Gasteiger charge is -2.42. The standard InChI is InChI=1S/C24H27N3O3/c1-25-22(29)24(27(23(25)30)18-20-10-6-3-7-11-20)14-16-26(17-15-24)21(28)13-12-19-8-4-2-5-9-19/h2-11H,12-18H2,1H3. The number of benzene rings is 2. The van der Waals surface area contributed by atoms with Crippen LogP contribution in [0.5, 0.6) is 0 Å². The van der Waals surface area contributed by atoms with Crippen LogP contribution in [0.2, 0.25) is 0 Å². The summed E-state index contributed by atoms with van der Waals surface area (Å²) < 4.78 is 0. The summed E-state index contributed by atoms with van der Waals surface area (Å²) in [6, 6.07) is 19.4. The van der Waals surface area contributed by atoms with Crippen LogP contribution in [0.3, 0.4) is 0 Å². The zero-order chi connectivity index (χ0) is 21.1. The van der Waals surface area contributed by atoms with Crippen molar-refractivity contribution in [2.45, 2.75) is 37.8 Å². The van der Waals surface area contributed by atoms with Gasteiger partial charge in [0.2, 0.25) is 5.91 Å². The highest BCUT2D eigenvalue weighted by molar-refractivity contribution is 6.06. The first-order chi connectivity index (χ1) is 14.5. The van der Waals surface area contributed by atoms with E-state index in [9.17, 15) is 14.4 Å². The highest BCUT2D eigenvalue weighted by atomic mass is 16.2. The van der Waals surface area contributed by atoms with Gasteiger partial charge in [0.1, 0.15) is 5.54 Å². The van der Waals surface area contributed by atoms with Gasteiger partial charge in [0, 0.05) is 33.1 Å². The molecule has 2 fully saturated rings. The first-order valence-corrected chi connectivity index (χ1v) is 10.5. The van der Waals surface area contributed by atoms with Crippen LogP contribution in [0.25, 0.3) is 0 Å². The maximum Gasteiger partial charge on any atom is 0.327 e. The number of hydrogen-bond donors (Lipinski definition) is 0. The summed E-state index contributed by atoms with van der Waals surface area (Å²) in [4.78, 5) is 43.3.